The second-order valence-electron chi connectivity index (χ2n) is 10.7. The SMILES string of the molecule is CCOC(=O)/C=C/C#Cc1ccc([C@H]2CC3(C)C(O)CCC3C3CCC4=CC(=O)CCC4=C32)cc1. The Hall–Kier alpha value is -2.90. The van der Waals surface area contributed by atoms with E-state index in [2.05, 4.69) is 30.9 Å². The summed E-state index contributed by atoms with van der Waals surface area (Å²) >= 11 is 0. The third-order valence-corrected chi connectivity index (χ3v) is 8.80. The first-order chi connectivity index (χ1) is 16.9. The maximum absolute atomic E-state index is 12.1. The number of hydrogen-bond donors (Lipinski definition) is 1. The number of esters is 1. The van der Waals surface area contributed by atoms with Gasteiger partial charge in [-0.2, -0.15) is 0 Å². The minimum absolute atomic E-state index is 0.0680. The lowest BCUT2D eigenvalue weighted by Gasteiger charge is -2.52. The van der Waals surface area contributed by atoms with Gasteiger partial charge >= 0.3 is 5.97 Å². The van der Waals surface area contributed by atoms with Crippen molar-refractivity contribution in [3.63, 3.8) is 0 Å². The summed E-state index contributed by atoms with van der Waals surface area (Å²) in [6, 6.07) is 8.44. The van der Waals surface area contributed by atoms with Gasteiger partial charge in [0.05, 0.1) is 12.7 Å². The van der Waals surface area contributed by atoms with Gasteiger partial charge in [-0.05, 0) is 104 Å². The number of rotatable bonds is 3. The monoisotopic (exact) mass is 470 g/mol. The molecule has 4 unspecified atom stereocenters. The summed E-state index contributed by atoms with van der Waals surface area (Å²) in [5.41, 5.74) is 6.33. The van der Waals surface area contributed by atoms with Crippen LogP contribution in [0.15, 0.2) is 59.2 Å². The Morgan fingerprint density at radius 2 is 1.97 bits per heavy atom. The molecule has 5 atom stereocenters. The normalized spacial score (nSPS) is 31.7. The molecule has 1 N–H and O–H groups in total. The lowest BCUT2D eigenvalue weighted by atomic mass is 9.53. The van der Waals surface area contributed by atoms with E-state index in [1.807, 2.05) is 18.2 Å². The quantitative estimate of drug-likeness (QED) is 0.364. The number of allylic oxidation sites excluding steroid dienone is 5. The molecule has 0 heterocycles. The Morgan fingerprint density at radius 3 is 2.74 bits per heavy atom. The maximum Gasteiger partial charge on any atom is 0.331 e. The minimum Gasteiger partial charge on any atom is -0.463 e. The van der Waals surface area contributed by atoms with Crippen LogP contribution in [0.3, 0.4) is 0 Å². The van der Waals surface area contributed by atoms with Crippen LogP contribution >= 0.6 is 0 Å². The van der Waals surface area contributed by atoms with Crippen LogP contribution in [0.2, 0.25) is 0 Å². The Balaban J connectivity index is 1.47. The second-order valence-corrected chi connectivity index (χ2v) is 10.7. The molecule has 2 saturated carbocycles. The summed E-state index contributed by atoms with van der Waals surface area (Å²) < 4.78 is 4.87. The zero-order valence-electron chi connectivity index (χ0n) is 20.7. The molecule has 4 aliphatic carbocycles. The Bertz CT molecular complexity index is 1170. The average molecular weight is 471 g/mol. The maximum atomic E-state index is 12.1. The standard InChI is InChI=1S/C31H34O4/c1-3-35-29(34)7-5-4-6-20-8-10-21(11-9-20)26-19-31(2)27(16-17-28(31)33)25-14-12-22-18-23(32)13-15-24(22)30(25)26/h5,7-11,18,25-28,33H,3,12-17,19H2,1-2H3/b7-5+/t25?,26-,27?,28?,31?/m1/s1. The molecule has 2 fully saturated rings. The fourth-order valence-corrected chi connectivity index (χ4v) is 7.16. The molecule has 0 aliphatic heterocycles. The van der Waals surface area contributed by atoms with Gasteiger partial charge in [0, 0.05) is 24.0 Å². The summed E-state index contributed by atoms with van der Waals surface area (Å²) in [6.07, 6.45) is 11.0. The summed E-state index contributed by atoms with van der Waals surface area (Å²) in [4.78, 5) is 23.6. The summed E-state index contributed by atoms with van der Waals surface area (Å²) in [6.45, 7) is 4.42. The van der Waals surface area contributed by atoms with Crippen molar-refractivity contribution in [1.29, 1.82) is 0 Å². The van der Waals surface area contributed by atoms with Crippen molar-refractivity contribution in [3.05, 3.63) is 70.3 Å². The smallest absolute Gasteiger partial charge is 0.331 e. The highest BCUT2D eigenvalue weighted by Gasteiger charge is 2.56. The number of aliphatic hydroxyl groups is 1. The largest absolute Gasteiger partial charge is 0.463 e. The van der Waals surface area contributed by atoms with E-state index < -0.39 is 0 Å². The van der Waals surface area contributed by atoms with Crippen LogP contribution in [0.25, 0.3) is 0 Å². The van der Waals surface area contributed by atoms with E-state index in [1.54, 1.807) is 12.5 Å². The van der Waals surface area contributed by atoms with Crippen LogP contribution < -0.4 is 0 Å². The Kier molecular flexibility index (Phi) is 6.55. The van der Waals surface area contributed by atoms with Crippen LogP contribution in [0.5, 0.6) is 0 Å². The zero-order valence-corrected chi connectivity index (χ0v) is 20.7. The van der Waals surface area contributed by atoms with Gasteiger partial charge in [-0.15, -0.1) is 0 Å². The van der Waals surface area contributed by atoms with Crippen molar-refractivity contribution in [2.45, 2.75) is 70.8 Å². The van der Waals surface area contributed by atoms with Crippen LogP contribution in [0.4, 0.5) is 0 Å². The zero-order chi connectivity index (χ0) is 24.6. The van der Waals surface area contributed by atoms with Crippen molar-refractivity contribution in [2.24, 2.45) is 17.3 Å². The highest BCUT2D eigenvalue weighted by Crippen LogP contribution is 2.63. The highest BCUT2D eigenvalue weighted by molar-refractivity contribution is 5.93. The van der Waals surface area contributed by atoms with Gasteiger partial charge in [-0.25, -0.2) is 4.79 Å². The molecule has 0 bridgehead atoms. The Morgan fingerprint density at radius 1 is 1.17 bits per heavy atom. The molecule has 0 radical (unpaired) electrons. The number of hydrogen-bond acceptors (Lipinski definition) is 4. The molecule has 4 heteroatoms. The van der Waals surface area contributed by atoms with Gasteiger partial charge in [0.15, 0.2) is 5.78 Å². The molecule has 0 aromatic heterocycles. The third-order valence-electron chi connectivity index (χ3n) is 8.80. The molecule has 1 aromatic carbocycles. The fourth-order valence-electron chi connectivity index (χ4n) is 7.16. The number of carbonyl (C=O) groups excluding carboxylic acids is 2. The molecular weight excluding hydrogens is 436 g/mol. The third kappa shape index (κ3) is 4.43. The number of benzene rings is 1. The first-order valence-corrected chi connectivity index (χ1v) is 13.0. The summed E-state index contributed by atoms with van der Waals surface area (Å²) in [5.74, 6) is 7.13. The molecular formula is C31H34O4. The lowest BCUT2D eigenvalue weighted by Crippen LogP contribution is -2.45. The Labute approximate surface area is 208 Å². The van der Waals surface area contributed by atoms with Crippen LogP contribution in [-0.4, -0.2) is 29.6 Å². The van der Waals surface area contributed by atoms with Gasteiger partial charge in [-0.3, -0.25) is 4.79 Å². The van der Waals surface area contributed by atoms with Gasteiger partial charge in [0.2, 0.25) is 0 Å². The number of aliphatic hydroxyl groups excluding tert-OH is 1. The van der Waals surface area contributed by atoms with Crippen LogP contribution in [-0.2, 0) is 14.3 Å². The van der Waals surface area contributed by atoms with E-state index in [0.717, 1.165) is 44.1 Å². The second kappa shape index (κ2) is 9.63. The van der Waals surface area contributed by atoms with Crippen LogP contribution in [0.1, 0.15) is 75.8 Å². The minimum atomic E-state index is -0.385. The molecule has 4 aliphatic rings. The lowest BCUT2D eigenvalue weighted by molar-refractivity contribution is -0.137. The van der Waals surface area contributed by atoms with E-state index in [9.17, 15) is 14.7 Å². The molecule has 0 saturated heterocycles. The molecule has 35 heavy (non-hydrogen) atoms. The summed E-state index contributed by atoms with van der Waals surface area (Å²) in [5, 5.41) is 11.0. The van der Waals surface area contributed by atoms with Gasteiger partial charge in [-0.1, -0.05) is 36.5 Å². The molecule has 1 aromatic rings. The van der Waals surface area contributed by atoms with E-state index in [4.69, 9.17) is 4.74 Å². The molecule has 5 rings (SSSR count). The van der Waals surface area contributed by atoms with Crippen molar-refractivity contribution < 1.29 is 19.4 Å². The number of carbonyl (C=O) groups is 2. The van der Waals surface area contributed by atoms with E-state index >= 15 is 0 Å². The highest BCUT2D eigenvalue weighted by atomic mass is 16.5. The first-order valence-electron chi connectivity index (χ1n) is 13.0. The molecule has 0 spiro atoms. The van der Waals surface area contributed by atoms with E-state index in [0.29, 0.717) is 24.9 Å². The van der Waals surface area contributed by atoms with E-state index in [-0.39, 0.29) is 29.2 Å². The number of ether oxygens (including phenoxy) is 1. The van der Waals surface area contributed by atoms with Gasteiger partial charge in [0.25, 0.3) is 0 Å². The molecule has 4 nitrogen and oxygen atoms in total. The van der Waals surface area contributed by atoms with Gasteiger partial charge in [0.1, 0.15) is 0 Å². The average Bonchev–Trinajstić information content (AvgIpc) is 3.15. The predicted molar refractivity (Wildman–Crippen MR) is 135 cm³/mol. The fraction of sp³-hybridized carbons (Fsp3) is 0.484. The topological polar surface area (TPSA) is 63.6 Å². The number of fused-ring (bicyclic) bond motifs is 4. The molecule has 182 valence electrons. The van der Waals surface area contributed by atoms with E-state index in [1.165, 1.54) is 28.9 Å². The van der Waals surface area contributed by atoms with Gasteiger partial charge < -0.3 is 9.84 Å². The van der Waals surface area contributed by atoms with Crippen molar-refractivity contribution >= 4 is 11.8 Å². The predicted octanol–water partition coefficient (Wildman–Crippen LogP) is 5.42. The number of ketones is 1. The van der Waals surface area contributed by atoms with Crippen molar-refractivity contribution in [2.75, 3.05) is 6.61 Å². The van der Waals surface area contributed by atoms with Crippen LogP contribution in [0, 0.1) is 29.1 Å². The van der Waals surface area contributed by atoms with Crippen molar-refractivity contribution in [1.82, 2.24) is 0 Å². The van der Waals surface area contributed by atoms with Crippen molar-refractivity contribution in [3.8, 4) is 11.8 Å². The summed E-state index contributed by atoms with van der Waals surface area (Å²) in [7, 11) is 0. The molecule has 0 amide bonds. The first kappa shape index (κ1) is 23.8.